The first-order chi connectivity index (χ1) is 11.4. The summed E-state index contributed by atoms with van der Waals surface area (Å²) in [6.45, 7) is 3.76. The van der Waals surface area contributed by atoms with Crippen molar-refractivity contribution in [2.24, 2.45) is 0 Å². The fourth-order valence-corrected chi connectivity index (χ4v) is 2.97. The highest BCUT2D eigenvalue weighted by molar-refractivity contribution is 6.21. The molecule has 2 amide bonds. The van der Waals surface area contributed by atoms with Crippen LogP contribution in [0.15, 0.2) is 42.5 Å². The van der Waals surface area contributed by atoms with Gasteiger partial charge in [-0.15, -0.1) is 0 Å². The van der Waals surface area contributed by atoms with E-state index in [1.165, 1.54) is 0 Å². The third-order valence-electron chi connectivity index (χ3n) is 4.22. The van der Waals surface area contributed by atoms with Gasteiger partial charge in [-0.1, -0.05) is 41.5 Å². The highest BCUT2D eigenvalue weighted by Crippen LogP contribution is 2.34. The number of rotatable bonds is 4. The van der Waals surface area contributed by atoms with Crippen LogP contribution in [0.4, 0.5) is 0 Å². The third kappa shape index (κ3) is 2.69. The van der Waals surface area contributed by atoms with Crippen LogP contribution in [0.3, 0.4) is 0 Å². The predicted octanol–water partition coefficient (Wildman–Crippen LogP) is 3.12. The molecule has 0 aliphatic carbocycles. The maximum atomic E-state index is 12.7. The summed E-state index contributed by atoms with van der Waals surface area (Å²) in [5, 5.41) is 9.24. The van der Waals surface area contributed by atoms with Crippen LogP contribution in [0.5, 0.6) is 0 Å². The lowest BCUT2D eigenvalue weighted by Crippen LogP contribution is -2.35. The number of aliphatic carboxylic acids is 1. The monoisotopic (exact) mass is 323 g/mol. The molecule has 2 aromatic rings. The minimum Gasteiger partial charge on any atom is -0.481 e. The summed E-state index contributed by atoms with van der Waals surface area (Å²) in [5.74, 6) is -1.94. The van der Waals surface area contributed by atoms with Gasteiger partial charge in [0.25, 0.3) is 11.8 Å². The molecule has 0 aromatic heterocycles. The van der Waals surface area contributed by atoms with Gasteiger partial charge in [-0.3, -0.25) is 19.3 Å². The molecular weight excluding hydrogens is 306 g/mol. The molecule has 0 spiro atoms. The van der Waals surface area contributed by atoms with E-state index in [0.717, 1.165) is 16.0 Å². The fourth-order valence-electron chi connectivity index (χ4n) is 2.97. The fraction of sp³-hybridized carbons (Fsp3) is 0.211. The minimum atomic E-state index is -1.06. The molecule has 0 saturated heterocycles. The molecule has 1 heterocycles. The number of imide groups is 1. The van der Waals surface area contributed by atoms with Crippen molar-refractivity contribution >= 4 is 17.8 Å². The SMILES string of the molecule is Cc1ccc(C(CC(=O)O)N2C(=O)c3ccc(C)cc3C2=O)cc1. The number of amides is 2. The number of carboxylic acids is 1. The molecular formula is C19H17NO4. The first-order valence-electron chi connectivity index (χ1n) is 7.65. The molecule has 24 heavy (non-hydrogen) atoms. The number of hydrogen-bond donors (Lipinski definition) is 1. The van der Waals surface area contributed by atoms with E-state index in [1.807, 2.05) is 26.0 Å². The Balaban J connectivity index is 2.05. The number of carbonyl (C=O) groups excluding carboxylic acids is 2. The number of carboxylic acid groups (broad SMARTS) is 1. The van der Waals surface area contributed by atoms with Crippen LogP contribution >= 0.6 is 0 Å². The number of carbonyl (C=O) groups is 3. The average molecular weight is 323 g/mol. The molecule has 0 radical (unpaired) electrons. The molecule has 122 valence electrons. The van der Waals surface area contributed by atoms with Gasteiger partial charge in [0.1, 0.15) is 0 Å². The zero-order chi connectivity index (χ0) is 17.4. The second-order valence-corrected chi connectivity index (χ2v) is 6.05. The molecule has 1 unspecified atom stereocenters. The van der Waals surface area contributed by atoms with Crippen LogP contribution in [0.2, 0.25) is 0 Å². The zero-order valence-corrected chi connectivity index (χ0v) is 13.4. The van der Waals surface area contributed by atoms with Crippen molar-refractivity contribution in [3.8, 4) is 0 Å². The van der Waals surface area contributed by atoms with Gasteiger partial charge < -0.3 is 5.11 Å². The van der Waals surface area contributed by atoms with Gasteiger partial charge in [0.05, 0.1) is 23.6 Å². The Morgan fingerprint density at radius 2 is 1.54 bits per heavy atom. The highest BCUT2D eigenvalue weighted by atomic mass is 16.4. The van der Waals surface area contributed by atoms with E-state index in [0.29, 0.717) is 16.7 Å². The lowest BCUT2D eigenvalue weighted by Gasteiger charge is -2.25. The Hall–Kier alpha value is -2.95. The number of benzene rings is 2. The van der Waals surface area contributed by atoms with E-state index in [-0.39, 0.29) is 6.42 Å². The molecule has 1 aliphatic rings. The predicted molar refractivity (Wildman–Crippen MR) is 87.9 cm³/mol. The Bertz CT molecular complexity index is 839. The van der Waals surface area contributed by atoms with Gasteiger partial charge >= 0.3 is 5.97 Å². The maximum Gasteiger partial charge on any atom is 0.305 e. The van der Waals surface area contributed by atoms with Crippen molar-refractivity contribution in [1.29, 1.82) is 0 Å². The van der Waals surface area contributed by atoms with Crippen molar-refractivity contribution in [1.82, 2.24) is 4.90 Å². The van der Waals surface area contributed by atoms with Crippen LogP contribution in [0.25, 0.3) is 0 Å². The summed E-state index contributed by atoms with van der Waals surface area (Å²) in [7, 11) is 0. The quantitative estimate of drug-likeness (QED) is 0.877. The molecule has 1 N–H and O–H groups in total. The first kappa shape index (κ1) is 15.9. The Labute approximate surface area is 139 Å². The topological polar surface area (TPSA) is 74.7 Å². The average Bonchev–Trinajstić information content (AvgIpc) is 2.77. The maximum absolute atomic E-state index is 12.7. The van der Waals surface area contributed by atoms with Crippen molar-refractivity contribution in [3.63, 3.8) is 0 Å². The summed E-state index contributed by atoms with van der Waals surface area (Å²) in [6.07, 6.45) is -0.326. The Kier molecular flexibility index (Phi) is 3.93. The van der Waals surface area contributed by atoms with Crippen LogP contribution < -0.4 is 0 Å². The summed E-state index contributed by atoms with van der Waals surface area (Å²) < 4.78 is 0. The van der Waals surface area contributed by atoms with E-state index in [4.69, 9.17) is 0 Å². The van der Waals surface area contributed by atoms with Gasteiger partial charge in [0, 0.05) is 0 Å². The molecule has 5 nitrogen and oxygen atoms in total. The minimum absolute atomic E-state index is 0.326. The molecule has 2 aromatic carbocycles. The molecule has 0 fully saturated rings. The molecule has 5 heteroatoms. The highest BCUT2D eigenvalue weighted by Gasteiger charge is 2.41. The van der Waals surface area contributed by atoms with Crippen molar-refractivity contribution < 1.29 is 19.5 Å². The first-order valence-corrected chi connectivity index (χ1v) is 7.65. The van der Waals surface area contributed by atoms with Crippen molar-refractivity contribution in [2.75, 3.05) is 0 Å². The van der Waals surface area contributed by atoms with Crippen LogP contribution in [-0.4, -0.2) is 27.8 Å². The van der Waals surface area contributed by atoms with E-state index in [2.05, 4.69) is 0 Å². The third-order valence-corrected chi connectivity index (χ3v) is 4.22. The van der Waals surface area contributed by atoms with Gasteiger partial charge in [0.2, 0.25) is 0 Å². The number of fused-ring (bicyclic) bond motifs is 1. The summed E-state index contributed by atoms with van der Waals surface area (Å²) in [6, 6.07) is 11.4. The standard InChI is InChI=1S/C19H17NO4/c1-11-3-6-13(7-4-11)16(10-17(21)22)20-18(23)14-8-5-12(2)9-15(14)19(20)24/h3-9,16H,10H2,1-2H3,(H,21,22). The Morgan fingerprint density at radius 3 is 2.17 bits per heavy atom. The summed E-state index contributed by atoms with van der Waals surface area (Å²) >= 11 is 0. The van der Waals surface area contributed by atoms with Crippen LogP contribution in [-0.2, 0) is 4.79 Å². The molecule has 3 rings (SSSR count). The number of nitrogens with zero attached hydrogens (tertiary/aromatic N) is 1. The van der Waals surface area contributed by atoms with Crippen LogP contribution in [0, 0.1) is 13.8 Å². The van der Waals surface area contributed by atoms with Crippen LogP contribution in [0.1, 0.15) is 49.9 Å². The van der Waals surface area contributed by atoms with Crippen molar-refractivity contribution in [3.05, 3.63) is 70.3 Å². The van der Waals surface area contributed by atoms with E-state index in [9.17, 15) is 19.5 Å². The van der Waals surface area contributed by atoms with Gasteiger partial charge in [-0.05, 0) is 31.5 Å². The molecule has 1 atom stereocenters. The van der Waals surface area contributed by atoms with Gasteiger partial charge in [-0.2, -0.15) is 0 Å². The molecule has 1 aliphatic heterocycles. The van der Waals surface area contributed by atoms with E-state index in [1.54, 1.807) is 30.3 Å². The second-order valence-electron chi connectivity index (χ2n) is 6.05. The Morgan fingerprint density at radius 1 is 0.958 bits per heavy atom. The second kappa shape index (κ2) is 5.92. The van der Waals surface area contributed by atoms with Gasteiger partial charge in [0.15, 0.2) is 0 Å². The number of aryl methyl sites for hydroxylation is 2. The molecule has 0 saturated carbocycles. The smallest absolute Gasteiger partial charge is 0.305 e. The summed E-state index contributed by atoms with van der Waals surface area (Å²) in [4.78, 5) is 37.8. The molecule has 0 bridgehead atoms. The van der Waals surface area contributed by atoms with Crippen molar-refractivity contribution in [2.45, 2.75) is 26.3 Å². The van der Waals surface area contributed by atoms with Gasteiger partial charge in [-0.25, -0.2) is 0 Å². The summed E-state index contributed by atoms with van der Waals surface area (Å²) in [5.41, 5.74) is 3.19. The number of hydrogen-bond acceptors (Lipinski definition) is 3. The largest absolute Gasteiger partial charge is 0.481 e. The zero-order valence-electron chi connectivity index (χ0n) is 13.4. The normalized spacial score (nSPS) is 14.7. The lowest BCUT2D eigenvalue weighted by molar-refractivity contribution is -0.138. The van der Waals surface area contributed by atoms with E-state index < -0.39 is 23.8 Å². The van der Waals surface area contributed by atoms with E-state index >= 15 is 0 Å². The lowest BCUT2D eigenvalue weighted by atomic mass is 10.0.